The number of ether oxygens (including phenoxy) is 2. The SMILES string of the molecule is NC(=O)CSC1=Nc2ccccc2C2=N[C@H](CCC(=O)NCc3ccc4c(c3)OCO4)C(=O)N12. The molecule has 3 aliphatic heterocycles. The number of amides is 3. The molecule has 3 aliphatic rings. The molecule has 3 heterocycles. The fourth-order valence-electron chi connectivity index (χ4n) is 3.83. The number of hydrogen-bond acceptors (Lipinski definition) is 8. The topological polar surface area (TPSA) is 136 Å². The Labute approximate surface area is 199 Å². The smallest absolute Gasteiger partial charge is 0.259 e. The lowest BCUT2D eigenvalue weighted by Crippen LogP contribution is -2.41. The van der Waals surface area contributed by atoms with E-state index in [4.69, 9.17) is 15.2 Å². The van der Waals surface area contributed by atoms with Gasteiger partial charge in [-0.05, 0) is 36.2 Å². The zero-order valence-corrected chi connectivity index (χ0v) is 18.8. The summed E-state index contributed by atoms with van der Waals surface area (Å²) >= 11 is 1.09. The third-order valence-electron chi connectivity index (χ3n) is 5.46. The number of thioether (sulfide) groups is 1. The van der Waals surface area contributed by atoms with Crippen molar-refractivity contribution in [2.24, 2.45) is 15.7 Å². The van der Waals surface area contributed by atoms with Crippen LogP contribution in [0.2, 0.25) is 0 Å². The van der Waals surface area contributed by atoms with Crippen LogP contribution in [0.5, 0.6) is 11.5 Å². The van der Waals surface area contributed by atoms with Crippen LogP contribution >= 0.6 is 11.8 Å². The number of fused-ring (bicyclic) bond motifs is 4. The van der Waals surface area contributed by atoms with Gasteiger partial charge >= 0.3 is 0 Å². The van der Waals surface area contributed by atoms with Gasteiger partial charge in [-0.1, -0.05) is 30.0 Å². The number of para-hydroxylation sites is 1. The second-order valence-electron chi connectivity index (χ2n) is 7.81. The second kappa shape index (κ2) is 9.18. The molecule has 0 saturated heterocycles. The zero-order valence-electron chi connectivity index (χ0n) is 18.0. The minimum Gasteiger partial charge on any atom is -0.454 e. The molecule has 0 aromatic heterocycles. The zero-order chi connectivity index (χ0) is 23.7. The van der Waals surface area contributed by atoms with E-state index in [0.717, 1.165) is 22.9 Å². The lowest BCUT2D eigenvalue weighted by molar-refractivity contribution is -0.125. The molecule has 0 unspecified atom stereocenters. The van der Waals surface area contributed by atoms with Crippen molar-refractivity contribution < 1.29 is 23.9 Å². The predicted octanol–water partition coefficient (Wildman–Crippen LogP) is 1.69. The molecule has 0 aliphatic carbocycles. The van der Waals surface area contributed by atoms with Crippen LogP contribution in [0.1, 0.15) is 24.0 Å². The summed E-state index contributed by atoms with van der Waals surface area (Å²) in [7, 11) is 0. The number of nitrogens with zero attached hydrogens (tertiary/aromatic N) is 3. The van der Waals surface area contributed by atoms with Crippen LogP contribution in [0.15, 0.2) is 52.4 Å². The minimum atomic E-state index is -0.711. The summed E-state index contributed by atoms with van der Waals surface area (Å²) in [6, 6.07) is 12.1. The van der Waals surface area contributed by atoms with Gasteiger partial charge in [0.15, 0.2) is 16.7 Å². The Morgan fingerprint density at radius 1 is 1.18 bits per heavy atom. The minimum absolute atomic E-state index is 0.00894. The van der Waals surface area contributed by atoms with Crippen LogP contribution in [-0.2, 0) is 20.9 Å². The molecule has 3 N–H and O–H groups in total. The van der Waals surface area contributed by atoms with Crippen molar-refractivity contribution in [2.45, 2.75) is 25.4 Å². The first-order valence-electron chi connectivity index (χ1n) is 10.7. The molecule has 2 aromatic carbocycles. The van der Waals surface area contributed by atoms with Crippen molar-refractivity contribution in [3.63, 3.8) is 0 Å². The first-order chi connectivity index (χ1) is 16.5. The molecule has 5 rings (SSSR count). The maximum absolute atomic E-state index is 13.1. The summed E-state index contributed by atoms with van der Waals surface area (Å²) in [6.07, 6.45) is 0.385. The summed E-state index contributed by atoms with van der Waals surface area (Å²) in [6.45, 7) is 0.528. The number of nitrogens with two attached hydrogens (primary N) is 1. The molecule has 10 nitrogen and oxygen atoms in total. The summed E-state index contributed by atoms with van der Waals surface area (Å²) in [5.41, 5.74) is 7.56. The van der Waals surface area contributed by atoms with Crippen LogP contribution < -0.4 is 20.5 Å². The molecule has 2 aromatic rings. The number of rotatable bonds is 7. The first-order valence-corrected chi connectivity index (χ1v) is 11.6. The Morgan fingerprint density at radius 3 is 2.85 bits per heavy atom. The summed E-state index contributed by atoms with van der Waals surface area (Å²) in [5, 5.41) is 3.22. The number of primary amides is 1. The molecule has 11 heteroatoms. The van der Waals surface area contributed by atoms with E-state index in [0.29, 0.717) is 34.7 Å². The summed E-state index contributed by atoms with van der Waals surface area (Å²) in [4.78, 5) is 47.4. The Hall–Kier alpha value is -3.86. The van der Waals surface area contributed by atoms with Gasteiger partial charge < -0.3 is 20.5 Å². The van der Waals surface area contributed by atoms with E-state index < -0.39 is 11.9 Å². The monoisotopic (exact) mass is 479 g/mol. The summed E-state index contributed by atoms with van der Waals surface area (Å²) in [5.74, 6) is 0.842. The van der Waals surface area contributed by atoms with E-state index in [-0.39, 0.29) is 37.2 Å². The van der Waals surface area contributed by atoms with Crippen LogP contribution in [0.3, 0.4) is 0 Å². The van der Waals surface area contributed by atoms with E-state index in [9.17, 15) is 14.4 Å². The van der Waals surface area contributed by atoms with Gasteiger partial charge in [-0.3, -0.25) is 19.4 Å². The van der Waals surface area contributed by atoms with Gasteiger partial charge in [-0.15, -0.1) is 0 Å². The number of hydrogen-bond donors (Lipinski definition) is 2. The van der Waals surface area contributed by atoms with E-state index in [1.165, 1.54) is 4.90 Å². The Balaban J connectivity index is 1.23. The molecule has 0 bridgehead atoms. The van der Waals surface area contributed by atoms with Crippen molar-refractivity contribution in [3.8, 4) is 11.5 Å². The van der Waals surface area contributed by atoms with Crippen molar-refractivity contribution >= 4 is 46.2 Å². The highest BCUT2D eigenvalue weighted by Gasteiger charge is 2.41. The maximum Gasteiger partial charge on any atom is 0.259 e. The van der Waals surface area contributed by atoms with Gasteiger partial charge in [0.1, 0.15) is 11.9 Å². The molecule has 0 saturated carbocycles. The van der Waals surface area contributed by atoms with Crippen molar-refractivity contribution in [3.05, 3.63) is 53.6 Å². The highest BCUT2D eigenvalue weighted by Crippen LogP contribution is 2.34. The van der Waals surface area contributed by atoms with Gasteiger partial charge in [0.2, 0.25) is 18.6 Å². The maximum atomic E-state index is 13.1. The molecular weight excluding hydrogens is 458 g/mol. The van der Waals surface area contributed by atoms with Crippen LogP contribution in [-0.4, -0.2) is 52.2 Å². The molecular formula is C23H21N5O5S. The van der Waals surface area contributed by atoms with E-state index in [2.05, 4.69) is 15.3 Å². The average molecular weight is 480 g/mol. The molecule has 1 atom stereocenters. The number of benzene rings is 2. The third kappa shape index (κ3) is 4.34. The predicted molar refractivity (Wildman–Crippen MR) is 126 cm³/mol. The fourth-order valence-corrected chi connectivity index (χ4v) is 4.57. The van der Waals surface area contributed by atoms with E-state index in [1.54, 1.807) is 6.07 Å². The highest BCUT2D eigenvalue weighted by atomic mass is 32.2. The van der Waals surface area contributed by atoms with Gasteiger partial charge in [0, 0.05) is 18.5 Å². The quantitative estimate of drug-likeness (QED) is 0.620. The molecule has 34 heavy (non-hydrogen) atoms. The Kier molecular flexibility index (Phi) is 5.93. The van der Waals surface area contributed by atoms with Crippen molar-refractivity contribution in [2.75, 3.05) is 12.5 Å². The number of nitrogens with one attached hydrogen (secondary N) is 1. The molecule has 0 fully saturated rings. The lowest BCUT2D eigenvalue weighted by atomic mass is 10.1. The standard InChI is InChI=1S/C23H21N5O5S/c24-19(29)11-34-23-27-15-4-2-1-3-14(15)21-26-16(22(31)28(21)23)6-8-20(30)25-10-13-5-7-17-18(9-13)33-12-32-17/h1-5,7,9,16H,6,8,10-12H2,(H2,24,29)(H,25,30)/t16-/m1/s1. The largest absolute Gasteiger partial charge is 0.454 e. The number of aliphatic imine (C=N–C) groups is 2. The molecule has 0 radical (unpaired) electrons. The van der Waals surface area contributed by atoms with Gasteiger partial charge in [-0.25, -0.2) is 9.89 Å². The van der Waals surface area contributed by atoms with Gasteiger partial charge in [0.25, 0.3) is 5.91 Å². The first kappa shape index (κ1) is 22.0. The summed E-state index contributed by atoms with van der Waals surface area (Å²) < 4.78 is 10.6. The van der Waals surface area contributed by atoms with Crippen molar-refractivity contribution in [1.82, 2.24) is 10.2 Å². The third-order valence-corrected chi connectivity index (χ3v) is 6.42. The number of carbonyl (C=O) groups is 3. The Bertz CT molecular complexity index is 1240. The van der Waals surface area contributed by atoms with Gasteiger partial charge in [0.05, 0.1) is 11.4 Å². The van der Waals surface area contributed by atoms with E-state index in [1.807, 2.05) is 36.4 Å². The van der Waals surface area contributed by atoms with Gasteiger partial charge in [-0.2, -0.15) is 0 Å². The molecule has 3 amide bonds. The molecule has 0 spiro atoms. The fraction of sp³-hybridized carbons (Fsp3) is 0.261. The van der Waals surface area contributed by atoms with Crippen LogP contribution in [0.25, 0.3) is 0 Å². The number of amidine groups is 2. The molecule has 174 valence electrons. The highest BCUT2D eigenvalue weighted by molar-refractivity contribution is 8.14. The van der Waals surface area contributed by atoms with E-state index >= 15 is 0 Å². The second-order valence-corrected chi connectivity index (χ2v) is 8.75. The Morgan fingerprint density at radius 2 is 2.00 bits per heavy atom. The van der Waals surface area contributed by atoms with Crippen LogP contribution in [0.4, 0.5) is 5.69 Å². The van der Waals surface area contributed by atoms with Crippen molar-refractivity contribution in [1.29, 1.82) is 0 Å². The lowest BCUT2D eigenvalue weighted by Gasteiger charge is -2.25. The van der Waals surface area contributed by atoms with Crippen LogP contribution in [0, 0.1) is 0 Å². The normalized spacial score (nSPS) is 17.6. The average Bonchev–Trinajstić information content (AvgIpc) is 3.44. The number of carbonyl (C=O) groups excluding carboxylic acids is 3.